The highest BCUT2D eigenvalue weighted by Gasteiger charge is 2.52. The van der Waals surface area contributed by atoms with Crippen molar-refractivity contribution in [2.45, 2.75) is 36.8 Å². The van der Waals surface area contributed by atoms with Crippen LogP contribution in [0.1, 0.15) is 24.0 Å². The Balaban J connectivity index is 1.73. The zero-order chi connectivity index (χ0) is 30.2. The van der Waals surface area contributed by atoms with Gasteiger partial charge in [-0.3, -0.25) is 0 Å². The minimum absolute atomic E-state index is 0.140. The lowest BCUT2D eigenvalue weighted by molar-refractivity contribution is -0.204. The van der Waals surface area contributed by atoms with Gasteiger partial charge in [0, 0.05) is 25.0 Å². The second-order valence-corrected chi connectivity index (χ2v) is 9.09. The Morgan fingerprint density at radius 1 is 0.780 bits per heavy atom. The summed E-state index contributed by atoms with van der Waals surface area (Å²) in [7, 11) is 5.41. The van der Waals surface area contributed by atoms with Gasteiger partial charge in [-0.2, -0.15) is 0 Å². The number of esters is 3. The van der Waals surface area contributed by atoms with Crippen molar-refractivity contribution in [3.63, 3.8) is 0 Å². The maximum absolute atomic E-state index is 12.6. The van der Waals surface area contributed by atoms with E-state index in [1.807, 2.05) is 0 Å². The third-order valence-corrected chi connectivity index (χ3v) is 6.37. The van der Waals surface area contributed by atoms with Crippen molar-refractivity contribution in [3.8, 4) is 23.0 Å². The van der Waals surface area contributed by atoms with Crippen LogP contribution in [0.25, 0.3) is 12.2 Å². The van der Waals surface area contributed by atoms with Crippen LogP contribution in [-0.4, -0.2) is 85.6 Å². The summed E-state index contributed by atoms with van der Waals surface area (Å²) < 4.78 is 30.7. The molecule has 4 atom stereocenters. The fourth-order valence-corrected chi connectivity index (χ4v) is 4.28. The predicted molar refractivity (Wildman–Crippen MR) is 144 cm³/mol. The number of phenolic OH excluding ortho intramolecular Hbond substituents is 1. The average Bonchev–Trinajstić information content (AvgIpc) is 2.96. The number of aromatic hydroxyl groups is 1. The van der Waals surface area contributed by atoms with Crippen LogP contribution in [0.3, 0.4) is 0 Å². The summed E-state index contributed by atoms with van der Waals surface area (Å²) in [5.41, 5.74) is -1.18. The Bertz CT molecular complexity index is 1320. The molecule has 0 spiro atoms. The number of hydrogen-bond acceptors (Lipinski definition) is 12. The number of aliphatic hydroxyl groups is 2. The number of rotatable bonds is 10. The van der Waals surface area contributed by atoms with E-state index in [4.69, 9.17) is 23.7 Å². The Hall–Kier alpha value is -4.55. The van der Waals surface area contributed by atoms with Gasteiger partial charge in [0.05, 0.1) is 28.4 Å². The van der Waals surface area contributed by atoms with Crippen molar-refractivity contribution in [1.29, 1.82) is 0 Å². The lowest BCUT2D eigenvalue weighted by atomic mass is 9.79. The Labute approximate surface area is 236 Å². The van der Waals surface area contributed by atoms with Crippen molar-refractivity contribution in [3.05, 3.63) is 59.7 Å². The molecule has 1 aliphatic carbocycles. The zero-order valence-corrected chi connectivity index (χ0v) is 22.9. The molecule has 2 aromatic rings. The molecule has 0 radical (unpaired) electrons. The van der Waals surface area contributed by atoms with Crippen molar-refractivity contribution < 1.29 is 58.1 Å². The quantitative estimate of drug-likeness (QED) is 0.216. The third-order valence-electron chi connectivity index (χ3n) is 6.37. The SMILES string of the molecule is COC(=O)[C@@]1(O)C[C@@H](OC(=O)/C=C/c2ccc(OC)c(O)c2)[C@H](O)[C@H](OC(=O)/C=C/c2ccc(OC)c(OC)c2)C1. The average molecular weight is 573 g/mol. The molecule has 220 valence electrons. The number of hydrogen-bond donors (Lipinski definition) is 3. The van der Waals surface area contributed by atoms with Gasteiger partial charge in [0.25, 0.3) is 0 Å². The number of phenols is 1. The Morgan fingerprint density at radius 3 is 1.73 bits per heavy atom. The number of carbonyl (C=O) groups excluding carboxylic acids is 3. The van der Waals surface area contributed by atoms with Gasteiger partial charge in [-0.1, -0.05) is 12.1 Å². The number of carbonyl (C=O) groups is 3. The predicted octanol–water partition coefficient (Wildman–Crippen LogP) is 2.03. The summed E-state index contributed by atoms with van der Waals surface area (Å²) >= 11 is 0. The third kappa shape index (κ3) is 7.77. The van der Waals surface area contributed by atoms with E-state index in [-0.39, 0.29) is 11.5 Å². The van der Waals surface area contributed by atoms with Crippen molar-refractivity contribution in [2.75, 3.05) is 28.4 Å². The summed E-state index contributed by atoms with van der Waals surface area (Å²) in [6.07, 6.45) is -0.505. The highest BCUT2D eigenvalue weighted by molar-refractivity contribution is 5.88. The molecule has 12 heteroatoms. The number of methoxy groups -OCH3 is 4. The normalized spacial score (nSPS) is 22.2. The van der Waals surface area contributed by atoms with E-state index in [1.54, 1.807) is 24.3 Å². The van der Waals surface area contributed by atoms with Crippen LogP contribution < -0.4 is 14.2 Å². The van der Waals surface area contributed by atoms with E-state index in [1.165, 1.54) is 45.6 Å². The molecule has 1 saturated carbocycles. The van der Waals surface area contributed by atoms with E-state index in [9.17, 15) is 29.7 Å². The summed E-state index contributed by atoms with van der Waals surface area (Å²) in [5.74, 6) is -1.81. The zero-order valence-electron chi connectivity index (χ0n) is 22.9. The monoisotopic (exact) mass is 572 g/mol. The smallest absolute Gasteiger partial charge is 0.338 e. The van der Waals surface area contributed by atoms with Gasteiger partial charge in [0.15, 0.2) is 28.6 Å². The maximum atomic E-state index is 12.6. The molecule has 0 amide bonds. The van der Waals surface area contributed by atoms with Gasteiger partial charge < -0.3 is 43.7 Å². The van der Waals surface area contributed by atoms with E-state index in [0.29, 0.717) is 22.6 Å². The summed E-state index contributed by atoms with van der Waals surface area (Å²) in [6.45, 7) is 0. The van der Waals surface area contributed by atoms with E-state index < -0.39 is 54.7 Å². The van der Waals surface area contributed by atoms with Gasteiger partial charge in [0.2, 0.25) is 0 Å². The van der Waals surface area contributed by atoms with Gasteiger partial charge in [0.1, 0.15) is 18.3 Å². The van der Waals surface area contributed by atoms with Crippen LogP contribution in [0.4, 0.5) is 0 Å². The standard InChI is InChI=1S/C29H32O12/c1-36-20-9-5-17(13-19(20)30)7-11-25(31)40-23-15-29(35,28(34)39-4)16-24(27(23)33)41-26(32)12-8-18-6-10-21(37-2)22(14-18)38-3/h5-14,23-24,27,30,33,35H,15-16H2,1-4H3/b11-7+,12-8+/t23-,24-,27+,29-/m1/s1. The van der Waals surface area contributed by atoms with Crippen LogP contribution in [0.15, 0.2) is 48.6 Å². The molecule has 3 rings (SSSR count). The highest BCUT2D eigenvalue weighted by atomic mass is 16.6. The second kappa shape index (κ2) is 13.7. The van der Waals surface area contributed by atoms with E-state index in [2.05, 4.69) is 4.74 Å². The minimum Gasteiger partial charge on any atom is -0.504 e. The molecule has 0 unspecified atom stereocenters. The van der Waals surface area contributed by atoms with Crippen LogP contribution in [-0.2, 0) is 28.6 Å². The van der Waals surface area contributed by atoms with Crippen LogP contribution in [0.5, 0.6) is 23.0 Å². The molecule has 12 nitrogen and oxygen atoms in total. The van der Waals surface area contributed by atoms with Gasteiger partial charge >= 0.3 is 17.9 Å². The first kappa shape index (κ1) is 31.0. The summed E-state index contributed by atoms with van der Waals surface area (Å²) in [5, 5.41) is 31.7. The minimum atomic E-state index is -2.21. The molecule has 1 fully saturated rings. The number of ether oxygens (including phenoxy) is 6. The van der Waals surface area contributed by atoms with E-state index in [0.717, 1.165) is 19.3 Å². The molecular formula is C29H32O12. The number of benzene rings is 2. The lowest BCUT2D eigenvalue weighted by Crippen LogP contribution is -2.58. The van der Waals surface area contributed by atoms with Crippen LogP contribution in [0, 0.1) is 0 Å². The second-order valence-electron chi connectivity index (χ2n) is 9.09. The number of aliphatic hydroxyl groups excluding tert-OH is 1. The van der Waals surface area contributed by atoms with Gasteiger partial charge in [-0.15, -0.1) is 0 Å². The maximum Gasteiger partial charge on any atom is 0.338 e. The first-order valence-corrected chi connectivity index (χ1v) is 12.4. The molecule has 0 bridgehead atoms. The summed E-state index contributed by atoms with van der Waals surface area (Å²) in [6, 6.07) is 9.39. The van der Waals surface area contributed by atoms with Gasteiger partial charge in [-0.05, 0) is 47.5 Å². The molecule has 0 aliphatic heterocycles. The van der Waals surface area contributed by atoms with E-state index >= 15 is 0 Å². The summed E-state index contributed by atoms with van der Waals surface area (Å²) in [4.78, 5) is 37.5. The first-order valence-electron chi connectivity index (χ1n) is 12.4. The topological polar surface area (TPSA) is 167 Å². The largest absolute Gasteiger partial charge is 0.504 e. The fourth-order valence-electron chi connectivity index (χ4n) is 4.28. The molecule has 3 N–H and O–H groups in total. The molecule has 0 saturated heterocycles. The van der Waals surface area contributed by atoms with Crippen LogP contribution >= 0.6 is 0 Å². The first-order chi connectivity index (χ1) is 19.5. The Morgan fingerprint density at radius 2 is 1.27 bits per heavy atom. The molecule has 0 aromatic heterocycles. The lowest BCUT2D eigenvalue weighted by Gasteiger charge is -2.41. The Kier molecular flexibility index (Phi) is 10.3. The van der Waals surface area contributed by atoms with Gasteiger partial charge in [-0.25, -0.2) is 14.4 Å². The van der Waals surface area contributed by atoms with Crippen LogP contribution in [0.2, 0.25) is 0 Å². The fraction of sp³-hybridized carbons (Fsp3) is 0.345. The van der Waals surface area contributed by atoms with Crippen molar-refractivity contribution >= 4 is 30.1 Å². The van der Waals surface area contributed by atoms with Crippen molar-refractivity contribution in [2.24, 2.45) is 0 Å². The molecular weight excluding hydrogens is 540 g/mol. The molecule has 2 aromatic carbocycles. The molecule has 41 heavy (non-hydrogen) atoms. The van der Waals surface area contributed by atoms with Crippen molar-refractivity contribution in [1.82, 2.24) is 0 Å². The highest BCUT2D eigenvalue weighted by Crippen LogP contribution is 2.34. The molecule has 1 aliphatic rings. The molecule has 0 heterocycles.